The average molecular weight is 474 g/mol. The first kappa shape index (κ1) is 24.7. The van der Waals surface area contributed by atoms with Gasteiger partial charge >= 0.3 is 17.9 Å². The minimum atomic E-state index is -0.784. The summed E-state index contributed by atoms with van der Waals surface area (Å²) >= 11 is 6.05. The van der Waals surface area contributed by atoms with Crippen molar-refractivity contribution in [2.75, 3.05) is 19.8 Å². The van der Waals surface area contributed by atoms with Crippen LogP contribution in [0.4, 0.5) is 0 Å². The Morgan fingerprint density at radius 2 is 1.33 bits per heavy atom. The van der Waals surface area contributed by atoms with Gasteiger partial charge in [0.15, 0.2) is 0 Å². The molecule has 0 unspecified atom stereocenters. The summed E-state index contributed by atoms with van der Waals surface area (Å²) in [5.41, 5.74) is 1.90. The van der Waals surface area contributed by atoms with Crippen LogP contribution in [0.1, 0.15) is 54.2 Å². The molecule has 1 fully saturated rings. The van der Waals surface area contributed by atoms with Crippen molar-refractivity contribution in [2.24, 2.45) is 5.92 Å². The van der Waals surface area contributed by atoms with Gasteiger partial charge in [-0.15, -0.1) is 0 Å². The molecule has 2 aromatic carbocycles. The lowest BCUT2D eigenvalue weighted by molar-refractivity contribution is -0.149. The van der Waals surface area contributed by atoms with Crippen LogP contribution in [-0.2, 0) is 23.8 Å². The molecule has 0 radical (unpaired) electrons. The number of hydrogen-bond acceptors (Lipinski definition) is 7. The first-order valence-electron chi connectivity index (χ1n) is 11.0. The number of carbonyl (C=O) groups is 3. The van der Waals surface area contributed by atoms with Crippen molar-refractivity contribution in [3.05, 3.63) is 70.2 Å². The molecule has 2 aromatic rings. The van der Waals surface area contributed by atoms with Crippen LogP contribution in [0.2, 0.25) is 5.02 Å². The number of rotatable bonds is 8. The molecule has 1 aliphatic rings. The Labute approximate surface area is 198 Å². The Hall–Kier alpha value is -2.90. The summed E-state index contributed by atoms with van der Waals surface area (Å²) in [6, 6.07) is 12.6. The van der Waals surface area contributed by atoms with Gasteiger partial charge in [-0.05, 0) is 56.2 Å². The third-order valence-corrected chi connectivity index (χ3v) is 5.85. The van der Waals surface area contributed by atoms with Crippen molar-refractivity contribution in [2.45, 2.75) is 38.8 Å². The summed E-state index contributed by atoms with van der Waals surface area (Å²) in [7, 11) is 0. The minimum absolute atomic E-state index is 0.210. The van der Waals surface area contributed by atoms with E-state index in [-0.39, 0.29) is 19.8 Å². The molecular weight excluding hydrogens is 446 g/mol. The average Bonchev–Trinajstić information content (AvgIpc) is 3.21. The van der Waals surface area contributed by atoms with E-state index < -0.39 is 41.8 Å². The van der Waals surface area contributed by atoms with Crippen LogP contribution in [0.3, 0.4) is 0 Å². The highest BCUT2D eigenvalue weighted by molar-refractivity contribution is 6.30. The van der Waals surface area contributed by atoms with Crippen LogP contribution in [0.15, 0.2) is 48.5 Å². The van der Waals surface area contributed by atoms with E-state index in [1.165, 1.54) is 0 Å². The number of carbonyl (C=O) groups excluding carboxylic acids is 3. The Balaban J connectivity index is 2.05. The van der Waals surface area contributed by atoms with E-state index in [4.69, 9.17) is 25.8 Å². The lowest BCUT2D eigenvalue weighted by atomic mass is 9.79. The zero-order valence-electron chi connectivity index (χ0n) is 18.9. The maximum Gasteiger partial charge on any atom is 0.338 e. The molecule has 0 spiro atoms. The van der Waals surface area contributed by atoms with E-state index in [2.05, 4.69) is 5.32 Å². The van der Waals surface area contributed by atoms with Crippen molar-refractivity contribution in [1.29, 1.82) is 0 Å². The molecule has 0 bridgehead atoms. The van der Waals surface area contributed by atoms with Crippen LogP contribution >= 0.6 is 11.6 Å². The largest absolute Gasteiger partial charge is 0.466 e. The summed E-state index contributed by atoms with van der Waals surface area (Å²) in [6.45, 7) is 5.90. The van der Waals surface area contributed by atoms with Crippen molar-refractivity contribution in [1.82, 2.24) is 5.32 Å². The molecule has 176 valence electrons. The molecule has 8 heteroatoms. The van der Waals surface area contributed by atoms with Gasteiger partial charge in [-0.2, -0.15) is 0 Å². The van der Waals surface area contributed by atoms with Crippen LogP contribution < -0.4 is 5.32 Å². The Morgan fingerprint density at radius 1 is 0.788 bits per heavy atom. The van der Waals surface area contributed by atoms with Gasteiger partial charge in [0.2, 0.25) is 0 Å². The van der Waals surface area contributed by atoms with Gasteiger partial charge in [0, 0.05) is 17.0 Å². The maximum absolute atomic E-state index is 13.2. The lowest BCUT2D eigenvalue weighted by Crippen LogP contribution is -2.37. The molecule has 1 heterocycles. The topological polar surface area (TPSA) is 90.9 Å². The van der Waals surface area contributed by atoms with Gasteiger partial charge in [0.05, 0.1) is 31.3 Å². The molecule has 1 N–H and O–H groups in total. The first-order valence-corrected chi connectivity index (χ1v) is 11.4. The highest BCUT2D eigenvalue weighted by atomic mass is 35.5. The highest BCUT2D eigenvalue weighted by Gasteiger charge is 2.52. The van der Waals surface area contributed by atoms with E-state index in [9.17, 15) is 14.4 Å². The fourth-order valence-corrected chi connectivity index (χ4v) is 4.34. The predicted molar refractivity (Wildman–Crippen MR) is 123 cm³/mol. The van der Waals surface area contributed by atoms with Gasteiger partial charge < -0.3 is 14.2 Å². The quantitative estimate of drug-likeness (QED) is 0.456. The number of halogens is 1. The summed E-state index contributed by atoms with van der Waals surface area (Å²) in [6.07, 6.45) is 0. The molecule has 1 saturated heterocycles. The number of esters is 3. The SMILES string of the molecule is CCOC(=O)c1ccc([C@H]2[C@H](C(=O)OCC)[C@H](c3ccc(Cl)cc3)N[C@@H]2C(=O)OCC)cc1. The molecule has 33 heavy (non-hydrogen) atoms. The molecule has 3 rings (SSSR count). The molecule has 4 atom stereocenters. The standard InChI is InChI=1S/C25H28ClNO6/c1-4-31-23(28)17-9-7-15(8-10-17)19-20(24(29)32-5-2)21(16-11-13-18(26)14-12-16)27-22(19)25(30)33-6-3/h7-14,19-22,27H,4-6H2,1-3H3/t19-,20-,21-,22-/m0/s1. The van der Waals surface area contributed by atoms with Crippen LogP contribution in [0.5, 0.6) is 0 Å². The van der Waals surface area contributed by atoms with Gasteiger partial charge in [-0.1, -0.05) is 35.9 Å². The third kappa shape index (κ3) is 5.54. The van der Waals surface area contributed by atoms with E-state index in [1.807, 2.05) is 12.1 Å². The Morgan fingerprint density at radius 3 is 1.91 bits per heavy atom. The normalized spacial score (nSPS) is 21.9. The summed E-state index contributed by atoms with van der Waals surface area (Å²) < 4.78 is 15.8. The Kier molecular flexibility index (Phi) is 8.47. The molecule has 0 saturated carbocycles. The van der Waals surface area contributed by atoms with Gasteiger partial charge in [-0.3, -0.25) is 14.9 Å². The van der Waals surface area contributed by atoms with Crippen LogP contribution in [0.25, 0.3) is 0 Å². The lowest BCUT2D eigenvalue weighted by Gasteiger charge is -2.24. The van der Waals surface area contributed by atoms with E-state index in [1.54, 1.807) is 57.2 Å². The van der Waals surface area contributed by atoms with Crippen molar-refractivity contribution in [3.8, 4) is 0 Å². The summed E-state index contributed by atoms with van der Waals surface area (Å²) in [4.78, 5) is 38.1. The molecule has 1 aliphatic heterocycles. The monoisotopic (exact) mass is 473 g/mol. The maximum atomic E-state index is 13.2. The molecular formula is C25H28ClNO6. The molecule has 0 aromatic heterocycles. The van der Waals surface area contributed by atoms with Gasteiger partial charge in [0.25, 0.3) is 0 Å². The van der Waals surface area contributed by atoms with Crippen molar-refractivity contribution < 1.29 is 28.6 Å². The number of hydrogen-bond donors (Lipinski definition) is 1. The third-order valence-electron chi connectivity index (χ3n) is 5.60. The second kappa shape index (κ2) is 11.3. The fraction of sp³-hybridized carbons (Fsp3) is 0.400. The summed E-state index contributed by atoms with van der Waals surface area (Å²) in [5, 5.41) is 3.86. The molecule has 0 aliphatic carbocycles. The smallest absolute Gasteiger partial charge is 0.338 e. The van der Waals surface area contributed by atoms with Crippen LogP contribution in [0, 0.1) is 5.92 Å². The van der Waals surface area contributed by atoms with Gasteiger partial charge in [-0.25, -0.2) is 4.79 Å². The number of ether oxygens (including phenoxy) is 3. The predicted octanol–water partition coefficient (Wildman–Crippen LogP) is 4.06. The zero-order valence-corrected chi connectivity index (χ0v) is 19.6. The zero-order chi connectivity index (χ0) is 24.0. The number of nitrogens with one attached hydrogen (secondary N) is 1. The Bertz CT molecular complexity index is 975. The minimum Gasteiger partial charge on any atom is -0.466 e. The van der Waals surface area contributed by atoms with E-state index in [0.717, 1.165) is 5.56 Å². The highest BCUT2D eigenvalue weighted by Crippen LogP contribution is 2.44. The first-order chi connectivity index (χ1) is 15.9. The second-order valence-corrected chi connectivity index (χ2v) is 8.01. The second-order valence-electron chi connectivity index (χ2n) is 7.57. The van der Waals surface area contributed by atoms with Crippen molar-refractivity contribution >= 4 is 29.5 Å². The summed E-state index contributed by atoms with van der Waals surface area (Å²) in [5.74, 6) is -2.58. The van der Waals surface area contributed by atoms with E-state index >= 15 is 0 Å². The van der Waals surface area contributed by atoms with Crippen LogP contribution in [-0.4, -0.2) is 43.8 Å². The molecule has 0 amide bonds. The van der Waals surface area contributed by atoms with Gasteiger partial charge in [0.1, 0.15) is 6.04 Å². The number of benzene rings is 2. The molecule has 7 nitrogen and oxygen atoms in total. The van der Waals surface area contributed by atoms with E-state index in [0.29, 0.717) is 16.1 Å². The fourth-order valence-electron chi connectivity index (χ4n) is 4.21. The van der Waals surface area contributed by atoms with Crippen molar-refractivity contribution in [3.63, 3.8) is 0 Å².